The largest absolute Gasteiger partial charge is 0.453 e. The van der Waals surface area contributed by atoms with Crippen LogP contribution in [-0.2, 0) is 0 Å². The standard InChI is InChI=1S/C56H34N6O/c1-3-13-35(14-4-1)36-25-29-40(30-26-36)59-48-31-27-38(33-51(48)60-46-22-9-7-20-44(46)57-55(59)60)39-28-32-49-52(34-39)61-47-23-10-8-21-45(47)58-56(61)62(49)50-24-12-19-43-42-18-11-17-41(53(42)63-54(43)50)37-15-5-2-6-16-37/h1-34H. The number of nitrogens with zero attached hydrogens (tertiary/aromatic N) is 6. The summed E-state index contributed by atoms with van der Waals surface area (Å²) >= 11 is 0. The van der Waals surface area contributed by atoms with Gasteiger partial charge in [0.15, 0.2) is 5.58 Å². The van der Waals surface area contributed by atoms with Crippen LogP contribution in [0.5, 0.6) is 0 Å². The van der Waals surface area contributed by atoms with Crippen LogP contribution >= 0.6 is 0 Å². The molecule has 0 spiro atoms. The van der Waals surface area contributed by atoms with Crippen molar-refractivity contribution in [1.82, 2.24) is 27.9 Å². The second-order valence-electron chi connectivity index (χ2n) is 16.3. The van der Waals surface area contributed by atoms with Crippen molar-refractivity contribution in [2.75, 3.05) is 0 Å². The average molecular weight is 807 g/mol. The minimum Gasteiger partial charge on any atom is -0.453 e. The van der Waals surface area contributed by atoms with Crippen molar-refractivity contribution in [1.29, 1.82) is 0 Å². The Labute approximate surface area is 359 Å². The Balaban J connectivity index is 0.976. The SMILES string of the molecule is c1ccc(-c2ccc(-n3c4ccc(-c5ccc6c(c5)n5c7ccccc7nc5n6-c5cccc6c5oc5c(-c7ccccc7)cccc56)cc4n4c5ccccc5nc34)cc2)cc1. The van der Waals surface area contributed by atoms with Gasteiger partial charge in [0.05, 0.1) is 49.8 Å². The monoisotopic (exact) mass is 806 g/mol. The zero-order valence-electron chi connectivity index (χ0n) is 33.7. The summed E-state index contributed by atoms with van der Waals surface area (Å²) in [5.74, 6) is 1.71. The zero-order chi connectivity index (χ0) is 41.2. The highest BCUT2D eigenvalue weighted by Crippen LogP contribution is 2.41. The van der Waals surface area contributed by atoms with E-state index in [0.717, 1.165) is 111 Å². The summed E-state index contributed by atoms with van der Waals surface area (Å²) in [5.41, 5.74) is 18.8. The first kappa shape index (κ1) is 34.1. The highest BCUT2D eigenvalue weighted by molar-refractivity contribution is 6.12. The van der Waals surface area contributed by atoms with Gasteiger partial charge in [-0.1, -0.05) is 140 Å². The van der Waals surface area contributed by atoms with E-state index in [1.807, 2.05) is 6.07 Å². The number of aromatic nitrogens is 6. The van der Waals surface area contributed by atoms with E-state index >= 15 is 0 Å². The second-order valence-corrected chi connectivity index (χ2v) is 16.3. The summed E-state index contributed by atoms with van der Waals surface area (Å²) in [6.45, 7) is 0. The fourth-order valence-corrected chi connectivity index (χ4v) is 9.91. The summed E-state index contributed by atoms with van der Waals surface area (Å²) in [6, 6.07) is 72.9. The maximum atomic E-state index is 6.95. The van der Waals surface area contributed by atoms with Gasteiger partial charge in [-0.15, -0.1) is 0 Å². The van der Waals surface area contributed by atoms with Gasteiger partial charge in [0.2, 0.25) is 11.6 Å². The van der Waals surface area contributed by atoms with E-state index in [1.165, 1.54) is 11.1 Å². The summed E-state index contributed by atoms with van der Waals surface area (Å²) in [6.07, 6.45) is 0. The Morgan fingerprint density at radius 2 is 0.841 bits per heavy atom. The van der Waals surface area contributed by atoms with E-state index in [2.05, 4.69) is 218 Å². The molecule has 0 amide bonds. The number of imidazole rings is 4. The first-order valence-electron chi connectivity index (χ1n) is 21.2. The highest BCUT2D eigenvalue weighted by atomic mass is 16.3. The highest BCUT2D eigenvalue weighted by Gasteiger charge is 2.23. The molecule has 63 heavy (non-hydrogen) atoms. The van der Waals surface area contributed by atoms with Crippen LogP contribution in [-0.4, -0.2) is 27.9 Å². The van der Waals surface area contributed by atoms with Gasteiger partial charge in [-0.2, -0.15) is 0 Å². The fourth-order valence-electron chi connectivity index (χ4n) is 9.91. The molecule has 7 heteroatoms. The van der Waals surface area contributed by atoms with Crippen molar-refractivity contribution in [2.45, 2.75) is 0 Å². The first-order chi connectivity index (χ1) is 31.2. The second kappa shape index (κ2) is 12.9. The third-order valence-corrected chi connectivity index (χ3v) is 12.8. The molecular formula is C56H34N6O. The molecule has 294 valence electrons. The van der Waals surface area contributed by atoms with E-state index in [1.54, 1.807) is 0 Å². The number of rotatable bonds is 5. The van der Waals surface area contributed by atoms with Gasteiger partial charge in [0.25, 0.3) is 0 Å². The first-order valence-corrected chi connectivity index (χ1v) is 21.2. The number of benzene rings is 9. The summed E-state index contributed by atoms with van der Waals surface area (Å²) in [5, 5.41) is 2.16. The van der Waals surface area contributed by atoms with Crippen molar-refractivity contribution in [3.8, 4) is 44.8 Å². The van der Waals surface area contributed by atoms with Gasteiger partial charge < -0.3 is 4.42 Å². The molecule has 0 aliphatic carbocycles. The normalized spacial score (nSPS) is 12.1. The van der Waals surface area contributed by atoms with Crippen LogP contribution in [0, 0.1) is 0 Å². The van der Waals surface area contributed by atoms with E-state index in [4.69, 9.17) is 14.4 Å². The van der Waals surface area contributed by atoms with E-state index in [-0.39, 0.29) is 0 Å². The van der Waals surface area contributed by atoms with Gasteiger partial charge in [-0.25, -0.2) is 9.97 Å². The van der Waals surface area contributed by atoms with Crippen LogP contribution < -0.4 is 0 Å². The lowest BCUT2D eigenvalue weighted by Gasteiger charge is -2.09. The van der Waals surface area contributed by atoms with Gasteiger partial charge in [-0.3, -0.25) is 17.9 Å². The van der Waals surface area contributed by atoms with Crippen LogP contribution in [0.2, 0.25) is 0 Å². The molecule has 14 rings (SSSR count). The van der Waals surface area contributed by atoms with E-state index in [9.17, 15) is 0 Å². The van der Waals surface area contributed by atoms with Crippen molar-refractivity contribution >= 4 is 77.6 Å². The van der Waals surface area contributed by atoms with E-state index < -0.39 is 0 Å². The lowest BCUT2D eigenvalue weighted by Crippen LogP contribution is -1.95. The Hall–Kier alpha value is -8.68. The molecule has 0 aliphatic rings. The fraction of sp³-hybridized carbons (Fsp3) is 0. The molecule has 0 bridgehead atoms. The maximum absolute atomic E-state index is 6.95. The number of hydrogen-bond acceptors (Lipinski definition) is 3. The minimum atomic E-state index is 0.827. The van der Waals surface area contributed by atoms with Crippen molar-refractivity contribution in [3.63, 3.8) is 0 Å². The predicted molar refractivity (Wildman–Crippen MR) is 256 cm³/mol. The van der Waals surface area contributed by atoms with Crippen LogP contribution in [0.3, 0.4) is 0 Å². The van der Waals surface area contributed by atoms with Crippen molar-refractivity contribution < 1.29 is 4.42 Å². The maximum Gasteiger partial charge on any atom is 0.220 e. The Morgan fingerprint density at radius 1 is 0.333 bits per heavy atom. The average Bonchev–Trinajstić information content (AvgIpc) is 4.15. The molecule has 0 saturated heterocycles. The van der Waals surface area contributed by atoms with Gasteiger partial charge in [0, 0.05) is 22.0 Å². The van der Waals surface area contributed by atoms with Crippen LogP contribution in [0.1, 0.15) is 0 Å². The molecule has 5 aromatic heterocycles. The van der Waals surface area contributed by atoms with E-state index in [0.29, 0.717) is 0 Å². The molecule has 0 radical (unpaired) electrons. The molecule has 9 aromatic carbocycles. The molecular weight excluding hydrogens is 773 g/mol. The number of fused-ring (bicyclic) bond motifs is 13. The number of para-hydroxylation sites is 6. The van der Waals surface area contributed by atoms with Gasteiger partial charge in [-0.05, 0) is 94.5 Å². The van der Waals surface area contributed by atoms with Crippen molar-refractivity contribution in [3.05, 3.63) is 206 Å². The Morgan fingerprint density at radius 3 is 1.49 bits per heavy atom. The third kappa shape index (κ3) is 4.90. The minimum absolute atomic E-state index is 0.827. The number of hydrogen-bond donors (Lipinski definition) is 0. The molecule has 0 aliphatic heterocycles. The van der Waals surface area contributed by atoms with Gasteiger partial charge >= 0.3 is 0 Å². The quantitative estimate of drug-likeness (QED) is 0.174. The predicted octanol–water partition coefficient (Wildman–Crippen LogP) is 14.1. The topological polar surface area (TPSA) is 57.6 Å². The molecule has 0 fully saturated rings. The van der Waals surface area contributed by atoms with Crippen LogP contribution in [0.15, 0.2) is 211 Å². The lowest BCUT2D eigenvalue weighted by atomic mass is 10.0. The molecule has 14 aromatic rings. The summed E-state index contributed by atoms with van der Waals surface area (Å²) in [4.78, 5) is 10.5. The molecule has 0 unspecified atom stereocenters. The molecule has 7 nitrogen and oxygen atoms in total. The zero-order valence-corrected chi connectivity index (χ0v) is 33.7. The van der Waals surface area contributed by atoms with Gasteiger partial charge in [0.1, 0.15) is 5.58 Å². The lowest BCUT2D eigenvalue weighted by molar-refractivity contribution is 0.667. The molecule has 0 atom stereocenters. The summed E-state index contributed by atoms with van der Waals surface area (Å²) in [7, 11) is 0. The molecule has 0 saturated carbocycles. The Kier molecular flexibility index (Phi) is 6.98. The van der Waals surface area contributed by atoms with Crippen molar-refractivity contribution in [2.24, 2.45) is 0 Å². The summed E-state index contributed by atoms with van der Waals surface area (Å²) < 4.78 is 16.1. The Bertz CT molecular complexity index is 4130. The molecule has 0 N–H and O–H groups in total. The van der Waals surface area contributed by atoms with Crippen LogP contribution in [0.4, 0.5) is 0 Å². The third-order valence-electron chi connectivity index (χ3n) is 12.8. The molecule has 5 heterocycles. The smallest absolute Gasteiger partial charge is 0.220 e. The van der Waals surface area contributed by atoms with Crippen LogP contribution in [0.25, 0.3) is 122 Å². The number of furan rings is 1.